The second-order valence-electron chi connectivity index (χ2n) is 10.6. The predicted molar refractivity (Wildman–Crippen MR) is 155 cm³/mol. The number of aromatic nitrogens is 2. The van der Waals surface area contributed by atoms with Crippen LogP contribution in [-0.2, 0) is 11.3 Å². The second kappa shape index (κ2) is 11.0. The first-order chi connectivity index (χ1) is 18.0. The zero-order valence-electron chi connectivity index (χ0n) is 22.6. The van der Waals surface area contributed by atoms with Crippen LogP contribution in [0.4, 0.5) is 11.6 Å². The number of aryl methyl sites for hydroxylation is 1. The van der Waals surface area contributed by atoms with Crippen LogP contribution >= 0.6 is 0 Å². The number of hydrogen-bond acceptors (Lipinski definition) is 4. The summed E-state index contributed by atoms with van der Waals surface area (Å²) in [5.41, 5.74) is 5.75. The molecule has 7 nitrogen and oxygen atoms in total. The number of anilines is 2. The van der Waals surface area contributed by atoms with Gasteiger partial charge in [-0.05, 0) is 73.4 Å². The average Bonchev–Trinajstić information content (AvgIpc) is 3.23. The Morgan fingerprint density at radius 1 is 1.03 bits per heavy atom. The quantitative estimate of drug-likeness (QED) is 0.246. The highest BCUT2D eigenvalue weighted by Crippen LogP contribution is 2.28. The van der Waals surface area contributed by atoms with Crippen LogP contribution < -0.4 is 16.0 Å². The molecule has 0 aliphatic rings. The summed E-state index contributed by atoms with van der Waals surface area (Å²) in [6.07, 6.45) is 1.23. The summed E-state index contributed by atoms with van der Waals surface area (Å²) in [5, 5.41) is 9.39. The van der Waals surface area contributed by atoms with Crippen LogP contribution in [0.25, 0.3) is 16.7 Å². The highest BCUT2D eigenvalue weighted by molar-refractivity contribution is 6.04. The Kier molecular flexibility index (Phi) is 7.78. The van der Waals surface area contributed by atoms with Crippen molar-refractivity contribution in [3.8, 4) is 5.69 Å². The smallest absolute Gasteiger partial charge is 0.257 e. The number of carbonyl (C=O) groups excluding carboxylic acids is 2. The Morgan fingerprint density at radius 2 is 1.79 bits per heavy atom. The first-order valence-electron chi connectivity index (χ1n) is 12.7. The van der Waals surface area contributed by atoms with Gasteiger partial charge < -0.3 is 10.6 Å². The van der Waals surface area contributed by atoms with Gasteiger partial charge in [0.15, 0.2) is 0 Å². The third-order valence-corrected chi connectivity index (χ3v) is 6.69. The highest BCUT2D eigenvalue weighted by Gasteiger charge is 2.20. The van der Waals surface area contributed by atoms with E-state index in [-0.39, 0.29) is 17.2 Å². The van der Waals surface area contributed by atoms with E-state index in [1.807, 2.05) is 60.0 Å². The summed E-state index contributed by atoms with van der Waals surface area (Å²) in [6.45, 7) is 15.0. The fraction of sp³-hybridized carbons (Fsp3) is 0.258. The number of nitrogens with one attached hydrogen (secondary N) is 3. The van der Waals surface area contributed by atoms with Crippen molar-refractivity contribution in [2.75, 3.05) is 10.6 Å². The van der Waals surface area contributed by atoms with Crippen molar-refractivity contribution in [3.05, 3.63) is 96.1 Å². The molecular weight excluding hydrogens is 474 g/mol. The Morgan fingerprint density at radius 3 is 2.50 bits per heavy atom. The van der Waals surface area contributed by atoms with E-state index in [2.05, 4.69) is 56.3 Å². The predicted octanol–water partition coefficient (Wildman–Crippen LogP) is 6.23. The van der Waals surface area contributed by atoms with Gasteiger partial charge >= 0.3 is 0 Å². The largest absolute Gasteiger partial charge is 0.322 e. The lowest BCUT2D eigenvalue weighted by atomic mass is 9.88. The summed E-state index contributed by atoms with van der Waals surface area (Å²) in [5.74, 6) is -0.152. The maximum absolute atomic E-state index is 13.2. The SMILES string of the molecule is C=CC(=O)Nc1cccc(-n2c(NC(=O)c3cccc(C)c3)nc3cc(CN[C@@H](C)C(C)(C)C)ccc32)c1. The van der Waals surface area contributed by atoms with E-state index in [9.17, 15) is 9.59 Å². The molecule has 7 heteroatoms. The molecule has 0 fully saturated rings. The molecule has 4 aromatic rings. The van der Waals surface area contributed by atoms with Gasteiger partial charge in [0.25, 0.3) is 5.91 Å². The van der Waals surface area contributed by atoms with Gasteiger partial charge in [-0.2, -0.15) is 0 Å². The molecule has 0 bridgehead atoms. The van der Waals surface area contributed by atoms with Gasteiger partial charge in [-0.25, -0.2) is 4.98 Å². The summed E-state index contributed by atoms with van der Waals surface area (Å²) in [6, 6.07) is 21.3. The van der Waals surface area contributed by atoms with Crippen LogP contribution in [0.5, 0.6) is 0 Å². The van der Waals surface area contributed by atoms with E-state index in [4.69, 9.17) is 4.98 Å². The van der Waals surface area contributed by atoms with Gasteiger partial charge in [-0.15, -0.1) is 0 Å². The molecule has 0 aliphatic heterocycles. The summed E-state index contributed by atoms with van der Waals surface area (Å²) in [4.78, 5) is 29.9. The van der Waals surface area contributed by atoms with E-state index in [1.165, 1.54) is 6.08 Å². The number of imidazole rings is 1. The Bertz CT molecular complexity index is 1500. The molecule has 2 amide bonds. The molecule has 0 aliphatic carbocycles. The second-order valence-corrected chi connectivity index (χ2v) is 10.6. The minimum absolute atomic E-state index is 0.144. The number of fused-ring (bicyclic) bond motifs is 1. The van der Waals surface area contributed by atoms with E-state index in [0.717, 1.165) is 27.8 Å². The van der Waals surface area contributed by atoms with Crippen molar-refractivity contribution in [1.29, 1.82) is 0 Å². The molecular formula is C31H35N5O2. The van der Waals surface area contributed by atoms with E-state index in [0.29, 0.717) is 29.8 Å². The Hall–Kier alpha value is -4.23. The van der Waals surface area contributed by atoms with Gasteiger partial charge in [0.2, 0.25) is 11.9 Å². The molecule has 38 heavy (non-hydrogen) atoms. The van der Waals surface area contributed by atoms with Crippen LogP contribution in [0.15, 0.2) is 79.4 Å². The van der Waals surface area contributed by atoms with Crippen LogP contribution in [0.2, 0.25) is 0 Å². The minimum Gasteiger partial charge on any atom is -0.322 e. The van der Waals surface area contributed by atoms with Gasteiger partial charge in [-0.3, -0.25) is 19.5 Å². The summed E-state index contributed by atoms with van der Waals surface area (Å²) < 4.78 is 1.89. The van der Waals surface area contributed by atoms with Crippen molar-refractivity contribution in [3.63, 3.8) is 0 Å². The fourth-order valence-corrected chi connectivity index (χ4v) is 4.03. The molecule has 4 rings (SSSR count). The third kappa shape index (κ3) is 6.18. The summed E-state index contributed by atoms with van der Waals surface area (Å²) in [7, 11) is 0. The highest BCUT2D eigenvalue weighted by atomic mass is 16.2. The molecule has 3 aromatic carbocycles. The molecule has 1 heterocycles. The Labute approximate surface area is 224 Å². The standard InChI is InChI=1S/C31H35N5O2/c1-7-28(37)33-24-12-9-13-25(18-24)36-27-15-14-22(19-32-21(3)31(4,5)6)17-26(27)34-30(36)35-29(38)23-11-8-10-20(2)16-23/h7-18,21,32H,1,19H2,2-6H3,(H,33,37)(H,34,35,38)/t21-/m0/s1. The minimum atomic E-state index is -0.299. The van der Waals surface area contributed by atoms with Crippen molar-refractivity contribution in [2.24, 2.45) is 5.41 Å². The van der Waals surface area contributed by atoms with Gasteiger partial charge in [-0.1, -0.05) is 57.2 Å². The number of benzene rings is 3. The molecule has 196 valence electrons. The molecule has 1 atom stereocenters. The zero-order valence-corrected chi connectivity index (χ0v) is 22.6. The Balaban J connectivity index is 1.75. The van der Waals surface area contributed by atoms with Crippen molar-refractivity contribution >= 4 is 34.5 Å². The molecule has 0 radical (unpaired) electrons. The topological polar surface area (TPSA) is 88.1 Å². The zero-order chi connectivity index (χ0) is 27.4. The van der Waals surface area contributed by atoms with Crippen LogP contribution in [0.3, 0.4) is 0 Å². The first-order valence-corrected chi connectivity index (χ1v) is 12.7. The summed E-state index contributed by atoms with van der Waals surface area (Å²) >= 11 is 0. The lowest BCUT2D eigenvalue weighted by Crippen LogP contribution is -2.37. The molecule has 0 unspecified atom stereocenters. The lowest BCUT2D eigenvalue weighted by molar-refractivity contribution is -0.111. The molecule has 0 saturated carbocycles. The molecule has 0 saturated heterocycles. The maximum atomic E-state index is 13.2. The van der Waals surface area contributed by atoms with E-state index in [1.54, 1.807) is 12.1 Å². The number of nitrogens with zero attached hydrogens (tertiary/aromatic N) is 2. The van der Waals surface area contributed by atoms with Crippen molar-refractivity contribution < 1.29 is 9.59 Å². The normalized spacial score (nSPS) is 12.2. The fourth-order valence-electron chi connectivity index (χ4n) is 4.03. The lowest BCUT2D eigenvalue weighted by Gasteiger charge is -2.28. The first kappa shape index (κ1) is 26.8. The average molecular weight is 510 g/mol. The number of amides is 2. The number of hydrogen-bond donors (Lipinski definition) is 3. The van der Waals surface area contributed by atoms with Crippen LogP contribution in [-0.4, -0.2) is 27.4 Å². The molecule has 0 spiro atoms. The number of carbonyl (C=O) groups is 2. The maximum Gasteiger partial charge on any atom is 0.257 e. The van der Waals surface area contributed by atoms with Crippen LogP contribution in [0, 0.1) is 12.3 Å². The third-order valence-electron chi connectivity index (χ3n) is 6.69. The van der Waals surface area contributed by atoms with Gasteiger partial charge in [0, 0.05) is 23.8 Å². The number of rotatable bonds is 8. The van der Waals surface area contributed by atoms with Crippen molar-refractivity contribution in [1.82, 2.24) is 14.9 Å². The van der Waals surface area contributed by atoms with Gasteiger partial charge in [0.05, 0.1) is 16.7 Å². The van der Waals surface area contributed by atoms with Crippen LogP contribution in [0.1, 0.15) is 49.2 Å². The van der Waals surface area contributed by atoms with E-state index < -0.39 is 0 Å². The molecule has 3 N–H and O–H groups in total. The monoisotopic (exact) mass is 509 g/mol. The van der Waals surface area contributed by atoms with Crippen molar-refractivity contribution in [2.45, 2.75) is 47.2 Å². The van der Waals surface area contributed by atoms with E-state index >= 15 is 0 Å². The molecule has 1 aromatic heterocycles. The van der Waals surface area contributed by atoms with Gasteiger partial charge in [0.1, 0.15) is 0 Å².